The summed E-state index contributed by atoms with van der Waals surface area (Å²) in [5, 5.41) is 2.13. The molecule has 0 unspecified atom stereocenters. The third kappa shape index (κ3) is 3.69. The number of rotatable bonds is 4. The van der Waals surface area contributed by atoms with E-state index < -0.39 is 0 Å². The fourth-order valence-corrected chi connectivity index (χ4v) is 4.19. The summed E-state index contributed by atoms with van der Waals surface area (Å²) in [6.45, 7) is 5.17. The van der Waals surface area contributed by atoms with Crippen molar-refractivity contribution >= 4 is 28.6 Å². The molecule has 1 aromatic heterocycles. The molecule has 2 aromatic rings. The second-order valence-corrected chi connectivity index (χ2v) is 7.20. The van der Waals surface area contributed by atoms with Gasteiger partial charge in [0.1, 0.15) is 5.03 Å². The van der Waals surface area contributed by atoms with E-state index in [1.54, 1.807) is 11.8 Å². The minimum Gasteiger partial charge on any atom is -0.339 e. The van der Waals surface area contributed by atoms with Crippen LogP contribution in [0.4, 0.5) is 0 Å². The number of likely N-dealkylation sites (tertiary alicyclic amines) is 1. The number of fused-ring (bicyclic) bond motifs is 1. The van der Waals surface area contributed by atoms with Crippen molar-refractivity contribution in [1.29, 1.82) is 0 Å². The Morgan fingerprint density at radius 3 is 3.00 bits per heavy atom. The quantitative estimate of drug-likeness (QED) is 0.779. The van der Waals surface area contributed by atoms with Gasteiger partial charge in [-0.2, -0.15) is 0 Å². The number of nitrogens with zero attached hydrogens (tertiary/aromatic N) is 2. The molecule has 0 saturated carbocycles. The second kappa shape index (κ2) is 7.35. The molecule has 1 aromatic carbocycles. The Hall–Kier alpha value is -1.55. The molecule has 2 heterocycles. The monoisotopic (exact) mass is 328 g/mol. The highest BCUT2D eigenvalue weighted by molar-refractivity contribution is 7.99. The molecule has 0 radical (unpaired) electrons. The lowest BCUT2D eigenvalue weighted by Crippen LogP contribution is -2.44. The lowest BCUT2D eigenvalue weighted by Gasteiger charge is -2.35. The van der Waals surface area contributed by atoms with Crippen molar-refractivity contribution in [3.63, 3.8) is 0 Å². The molecule has 0 aliphatic carbocycles. The average molecular weight is 328 g/mol. The highest BCUT2D eigenvalue weighted by Crippen LogP contribution is 2.26. The van der Waals surface area contributed by atoms with Gasteiger partial charge >= 0.3 is 0 Å². The normalized spacial score (nSPS) is 18.3. The van der Waals surface area contributed by atoms with Crippen LogP contribution < -0.4 is 0 Å². The molecule has 1 atom stereocenters. The molecule has 1 fully saturated rings. The first-order valence-corrected chi connectivity index (χ1v) is 9.46. The van der Waals surface area contributed by atoms with Gasteiger partial charge in [-0.1, -0.05) is 36.9 Å². The zero-order chi connectivity index (χ0) is 16.2. The summed E-state index contributed by atoms with van der Waals surface area (Å²) in [4.78, 5) is 19.4. The molecule has 23 heavy (non-hydrogen) atoms. The topological polar surface area (TPSA) is 33.2 Å². The van der Waals surface area contributed by atoms with Crippen molar-refractivity contribution < 1.29 is 4.79 Å². The Morgan fingerprint density at radius 1 is 1.35 bits per heavy atom. The number of aromatic nitrogens is 1. The number of benzene rings is 1. The predicted molar refractivity (Wildman–Crippen MR) is 96.8 cm³/mol. The minimum absolute atomic E-state index is 0.260. The van der Waals surface area contributed by atoms with Gasteiger partial charge in [0.25, 0.3) is 0 Å². The van der Waals surface area contributed by atoms with Crippen LogP contribution in [0, 0.1) is 6.92 Å². The van der Waals surface area contributed by atoms with Crippen LogP contribution in [0.3, 0.4) is 0 Å². The molecule has 1 amide bonds. The summed E-state index contributed by atoms with van der Waals surface area (Å²) in [6, 6.07) is 10.7. The lowest BCUT2D eigenvalue weighted by molar-refractivity contribution is -0.132. The van der Waals surface area contributed by atoms with Crippen LogP contribution in [0.25, 0.3) is 10.9 Å². The summed E-state index contributed by atoms with van der Waals surface area (Å²) in [6.07, 6.45) is 4.60. The molecule has 0 spiro atoms. The van der Waals surface area contributed by atoms with Gasteiger partial charge in [-0.15, -0.1) is 0 Å². The number of piperidine rings is 1. The van der Waals surface area contributed by atoms with E-state index in [4.69, 9.17) is 4.98 Å². The second-order valence-electron chi connectivity index (χ2n) is 6.24. The Balaban J connectivity index is 1.70. The van der Waals surface area contributed by atoms with Crippen LogP contribution in [0.2, 0.25) is 0 Å². The van der Waals surface area contributed by atoms with Crippen molar-refractivity contribution in [1.82, 2.24) is 9.88 Å². The van der Waals surface area contributed by atoms with Crippen LogP contribution in [0.15, 0.2) is 35.4 Å². The van der Waals surface area contributed by atoms with Crippen molar-refractivity contribution in [3.05, 3.63) is 35.9 Å². The number of hydrogen-bond donors (Lipinski definition) is 0. The highest BCUT2D eigenvalue weighted by Gasteiger charge is 2.25. The maximum absolute atomic E-state index is 12.6. The van der Waals surface area contributed by atoms with Crippen molar-refractivity contribution in [2.24, 2.45) is 0 Å². The van der Waals surface area contributed by atoms with Crippen molar-refractivity contribution in [3.8, 4) is 0 Å². The smallest absolute Gasteiger partial charge is 0.233 e. The number of hydrogen-bond acceptors (Lipinski definition) is 3. The van der Waals surface area contributed by atoms with Crippen LogP contribution >= 0.6 is 11.8 Å². The summed E-state index contributed by atoms with van der Waals surface area (Å²) in [5.41, 5.74) is 2.14. The molecule has 0 bridgehead atoms. The first kappa shape index (κ1) is 16.3. The number of thioether (sulfide) groups is 1. The summed E-state index contributed by atoms with van der Waals surface area (Å²) in [5.74, 6) is 0.749. The number of pyridine rings is 1. The first-order chi connectivity index (χ1) is 11.2. The van der Waals surface area contributed by atoms with Gasteiger partial charge in [-0.25, -0.2) is 4.98 Å². The third-order valence-corrected chi connectivity index (χ3v) is 5.70. The van der Waals surface area contributed by atoms with Gasteiger partial charge in [0.15, 0.2) is 0 Å². The Morgan fingerprint density at radius 2 is 2.17 bits per heavy atom. The molecular formula is C19H24N2OS. The Labute approximate surface area is 142 Å². The van der Waals surface area contributed by atoms with E-state index in [0.717, 1.165) is 47.3 Å². The maximum Gasteiger partial charge on any atom is 0.233 e. The first-order valence-electron chi connectivity index (χ1n) is 8.47. The molecule has 3 nitrogen and oxygen atoms in total. The minimum atomic E-state index is 0.260. The standard InChI is InChI=1S/C19H24N2OS/c1-3-16-9-6-7-11-21(16)18(22)13-23-19-14(2)12-15-8-4-5-10-17(15)20-19/h4-5,8,10,12,16H,3,6-7,9,11,13H2,1-2H3/t16-/m1/s1. The fourth-order valence-electron chi connectivity index (χ4n) is 3.32. The summed E-state index contributed by atoms with van der Waals surface area (Å²) in [7, 11) is 0. The molecule has 4 heteroatoms. The Bertz CT molecular complexity index is 701. The number of carbonyl (C=O) groups is 1. The molecule has 1 saturated heterocycles. The molecule has 1 aliphatic heterocycles. The van der Waals surface area contributed by atoms with Crippen molar-refractivity contribution in [2.45, 2.75) is 50.6 Å². The van der Waals surface area contributed by atoms with E-state index in [2.05, 4.69) is 30.9 Å². The highest BCUT2D eigenvalue weighted by atomic mass is 32.2. The van der Waals surface area contributed by atoms with Crippen LogP contribution in [-0.4, -0.2) is 34.1 Å². The van der Waals surface area contributed by atoms with Crippen LogP contribution in [-0.2, 0) is 4.79 Å². The van der Waals surface area contributed by atoms with Gasteiger partial charge in [0, 0.05) is 18.0 Å². The largest absolute Gasteiger partial charge is 0.339 e. The van der Waals surface area contributed by atoms with Gasteiger partial charge in [-0.05, 0) is 50.3 Å². The summed E-state index contributed by atoms with van der Waals surface area (Å²) >= 11 is 1.57. The van der Waals surface area contributed by atoms with Gasteiger partial charge in [0.2, 0.25) is 5.91 Å². The maximum atomic E-state index is 12.6. The predicted octanol–water partition coefficient (Wildman–Crippen LogP) is 4.43. The number of amides is 1. The number of aryl methyl sites for hydroxylation is 1. The lowest BCUT2D eigenvalue weighted by atomic mass is 10.0. The van der Waals surface area contributed by atoms with Crippen LogP contribution in [0.1, 0.15) is 38.2 Å². The zero-order valence-electron chi connectivity index (χ0n) is 13.9. The molecule has 3 rings (SSSR count). The summed E-state index contributed by atoms with van der Waals surface area (Å²) < 4.78 is 0. The molecule has 0 N–H and O–H groups in total. The number of para-hydroxylation sites is 1. The molecule has 122 valence electrons. The van der Waals surface area contributed by atoms with E-state index in [1.165, 1.54) is 6.42 Å². The van der Waals surface area contributed by atoms with E-state index in [0.29, 0.717) is 11.8 Å². The average Bonchev–Trinajstić information content (AvgIpc) is 2.59. The molecule has 1 aliphatic rings. The van der Waals surface area contributed by atoms with Gasteiger partial charge in [-0.3, -0.25) is 4.79 Å². The van der Waals surface area contributed by atoms with E-state index in [1.807, 2.05) is 18.2 Å². The van der Waals surface area contributed by atoms with E-state index in [-0.39, 0.29) is 5.91 Å². The SMILES string of the molecule is CC[C@@H]1CCCCN1C(=O)CSc1nc2ccccc2cc1C. The van der Waals surface area contributed by atoms with Crippen molar-refractivity contribution in [2.75, 3.05) is 12.3 Å². The molecular weight excluding hydrogens is 304 g/mol. The zero-order valence-corrected chi connectivity index (χ0v) is 14.7. The van der Waals surface area contributed by atoms with E-state index >= 15 is 0 Å². The van der Waals surface area contributed by atoms with Gasteiger partial charge < -0.3 is 4.90 Å². The Kier molecular flexibility index (Phi) is 5.21. The van der Waals surface area contributed by atoms with E-state index in [9.17, 15) is 4.79 Å². The van der Waals surface area contributed by atoms with Crippen LogP contribution in [0.5, 0.6) is 0 Å². The fraction of sp³-hybridized carbons (Fsp3) is 0.474. The third-order valence-electron chi connectivity index (χ3n) is 4.62. The number of carbonyl (C=O) groups excluding carboxylic acids is 1. The van der Waals surface area contributed by atoms with Gasteiger partial charge in [0.05, 0.1) is 11.3 Å².